The largest absolute Gasteiger partial charge is 0.489 e. The van der Waals surface area contributed by atoms with Crippen molar-refractivity contribution in [3.63, 3.8) is 0 Å². The number of amides is 2. The number of aromatic nitrogens is 2. The van der Waals surface area contributed by atoms with Crippen molar-refractivity contribution in [2.45, 2.75) is 31.0 Å². The molecular weight excluding hydrogens is 496 g/mol. The van der Waals surface area contributed by atoms with E-state index in [9.17, 15) is 32.3 Å². The number of aryl methyl sites for hydroxylation is 1. The van der Waals surface area contributed by atoms with E-state index in [1.54, 1.807) is 0 Å². The van der Waals surface area contributed by atoms with Gasteiger partial charge in [-0.2, -0.15) is 13.2 Å². The lowest BCUT2D eigenvalue weighted by Gasteiger charge is -2.31. The van der Waals surface area contributed by atoms with Crippen LogP contribution in [0.2, 0.25) is 0 Å². The van der Waals surface area contributed by atoms with Gasteiger partial charge in [-0.25, -0.2) is 9.37 Å². The van der Waals surface area contributed by atoms with Gasteiger partial charge in [-0.3, -0.25) is 14.6 Å². The Balaban J connectivity index is 1.86. The second-order valence-electron chi connectivity index (χ2n) is 8.90. The van der Waals surface area contributed by atoms with Gasteiger partial charge in [0.2, 0.25) is 11.5 Å². The predicted octanol–water partition coefficient (Wildman–Crippen LogP) is 2.91. The normalized spacial score (nSPS) is 18.5. The maximum absolute atomic E-state index is 14.4. The van der Waals surface area contributed by atoms with E-state index in [0.717, 1.165) is 18.2 Å². The van der Waals surface area contributed by atoms with E-state index >= 15 is 0 Å². The fourth-order valence-corrected chi connectivity index (χ4v) is 3.97. The van der Waals surface area contributed by atoms with Gasteiger partial charge < -0.3 is 20.9 Å². The summed E-state index contributed by atoms with van der Waals surface area (Å²) in [5.74, 6) is -2.38. The van der Waals surface area contributed by atoms with Crippen LogP contribution in [0.15, 0.2) is 48.7 Å². The van der Waals surface area contributed by atoms with E-state index in [2.05, 4.69) is 15.3 Å². The third-order valence-electron chi connectivity index (χ3n) is 6.38. The van der Waals surface area contributed by atoms with Gasteiger partial charge in [0.1, 0.15) is 29.3 Å². The number of aliphatic hydroxyl groups is 1. The molecule has 3 aromatic rings. The lowest BCUT2D eigenvalue weighted by Crippen LogP contribution is -2.52. The number of rotatable bonds is 6. The third-order valence-corrected chi connectivity index (χ3v) is 6.38. The van der Waals surface area contributed by atoms with Crippen molar-refractivity contribution in [1.82, 2.24) is 15.3 Å². The van der Waals surface area contributed by atoms with Gasteiger partial charge in [-0.05, 0) is 56.3 Å². The second-order valence-corrected chi connectivity index (χ2v) is 8.90. The molecule has 4 rings (SSSR count). The molecule has 194 valence electrons. The van der Waals surface area contributed by atoms with E-state index < -0.39 is 47.1 Å². The van der Waals surface area contributed by atoms with Crippen LogP contribution in [0.4, 0.5) is 17.6 Å². The van der Waals surface area contributed by atoms with E-state index in [1.807, 2.05) is 0 Å². The van der Waals surface area contributed by atoms with Gasteiger partial charge in [0.15, 0.2) is 0 Å². The number of carbonyl (C=O) groups is 2. The summed E-state index contributed by atoms with van der Waals surface area (Å²) in [5.41, 5.74) is -0.287. The Hall–Kier alpha value is -4.06. The van der Waals surface area contributed by atoms with E-state index in [4.69, 9.17) is 10.5 Å². The molecule has 0 unspecified atom stereocenters. The Kier molecular flexibility index (Phi) is 6.40. The van der Waals surface area contributed by atoms with Gasteiger partial charge in [-0.1, -0.05) is 0 Å². The van der Waals surface area contributed by atoms with E-state index in [1.165, 1.54) is 44.3 Å². The average molecular weight is 518 g/mol. The Morgan fingerprint density at radius 2 is 1.89 bits per heavy atom. The summed E-state index contributed by atoms with van der Waals surface area (Å²) in [6, 6.07) is 8.40. The minimum absolute atomic E-state index is 0.0174. The molecule has 0 aliphatic carbocycles. The summed E-state index contributed by atoms with van der Waals surface area (Å²) in [4.78, 5) is 32.8. The molecule has 1 aliphatic heterocycles. The van der Waals surface area contributed by atoms with Crippen molar-refractivity contribution < 1.29 is 37.0 Å². The van der Waals surface area contributed by atoms with Crippen molar-refractivity contribution >= 4 is 11.8 Å². The molecule has 2 atom stereocenters. The Labute approximate surface area is 208 Å². The molecule has 0 spiro atoms. The second kappa shape index (κ2) is 9.11. The Bertz CT molecular complexity index is 1380. The van der Waals surface area contributed by atoms with E-state index in [-0.39, 0.29) is 40.4 Å². The van der Waals surface area contributed by atoms with Crippen molar-refractivity contribution in [2.24, 2.45) is 5.73 Å². The van der Waals surface area contributed by atoms with Gasteiger partial charge in [0, 0.05) is 23.0 Å². The first-order valence-corrected chi connectivity index (χ1v) is 11.0. The lowest BCUT2D eigenvalue weighted by atomic mass is 9.81. The molecule has 0 fully saturated rings. The Morgan fingerprint density at radius 3 is 2.49 bits per heavy atom. The van der Waals surface area contributed by atoms with Crippen molar-refractivity contribution in [1.29, 1.82) is 0 Å². The summed E-state index contributed by atoms with van der Waals surface area (Å²) in [5, 5.41) is 13.1. The molecule has 0 radical (unpaired) electrons. The number of fused-ring (bicyclic) bond motifs is 1. The number of ether oxygens (including phenoxy) is 1. The van der Waals surface area contributed by atoms with Crippen molar-refractivity contribution in [2.75, 3.05) is 13.2 Å². The predicted molar refractivity (Wildman–Crippen MR) is 123 cm³/mol. The summed E-state index contributed by atoms with van der Waals surface area (Å²) in [6.07, 6.45) is -3.89. The number of alkyl halides is 3. The standard InChI is InChI=1S/C25H22F4N4O4/c1-13-16(4-3-9-31-13)21(34)32-11-24(36,25(27,28)29)18-10-17-20(37-12-23(17,2)22(30)35)19(33-18)14-5-7-15(26)8-6-14/h3-10,36H,11-12H2,1-2H3,(H2,30,35)(H,32,34)/t23-,24-/m0/s1. The zero-order valence-electron chi connectivity index (χ0n) is 19.7. The fourth-order valence-electron chi connectivity index (χ4n) is 3.97. The summed E-state index contributed by atoms with van der Waals surface area (Å²) < 4.78 is 62.3. The van der Waals surface area contributed by atoms with E-state index in [0.29, 0.717) is 0 Å². The number of nitrogens with two attached hydrogens (primary N) is 1. The van der Waals surface area contributed by atoms with Crippen LogP contribution in [0.1, 0.15) is 34.2 Å². The van der Waals surface area contributed by atoms with Gasteiger partial charge in [0.25, 0.3) is 5.91 Å². The van der Waals surface area contributed by atoms with Gasteiger partial charge in [0.05, 0.1) is 17.8 Å². The summed E-state index contributed by atoms with van der Waals surface area (Å²) in [7, 11) is 0. The number of primary amides is 1. The molecule has 0 bridgehead atoms. The number of halogens is 4. The number of benzene rings is 1. The van der Waals surface area contributed by atoms with Crippen LogP contribution in [-0.4, -0.2) is 46.2 Å². The zero-order chi connectivity index (χ0) is 27.2. The Morgan fingerprint density at radius 1 is 1.22 bits per heavy atom. The molecule has 12 heteroatoms. The van der Waals surface area contributed by atoms with Crippen LogP contribution in [0.25, 0.3) is 11.3 Å². The highest BCUT2D eigenvalue weighted by atomic mass is 19.4. The number of hydrogen-bond donors (Lipinski definition) is 3. The van der Waals surface area contributed by atoms with Gasteiger partial charge >= 0.3 is 6.18 Å². The minimum atomic E-state index is -5.31. The highest BCUT2D eigenvalue weighted by Crippen LogP contribution is 2.47. The molecule has 3 heterocycles. The maximum Gasteiger partial charge on any atom is 0.424 e. The average Bonchev–Trinajstić information content (AvgIpc) is 3.20. The first kappa shape index (κ1) is 26.0. The lowest BCUT2D eigenvalue weighted by molar-refractivity contribution is -0.265. The van der Waals surface area contributed by atoms with Crippen LogP contribution >= 0.6 is 0 Å². The molecule has 2 amide bonds. The molecule has 0 saturated carbocycles. The number of carbonyl (C=O) groups excluding carboxylic acids is 2. The molecule has 4 N–H and O–H groups in total. The third kappa shape index (κ3) is 4.48. The molecule has 0 saturated heterocycles. The van der Waals surface area contributed by atoms with Gasteiger partial charge in [-0.15, -0.1) is 0 Å². The molecule has 1 aromatic carbocycles. The van der Waals surface area contributed by atoms with Crippen LogP contribution in [0.5, 0.6) is 5.75 Å². The first-order chi connectivity index (χ1) is 17.3. The molecule has 1 aliphatic rings. The smallest absolute Gasteiger partial charge is 0.424 e. The molecule has 37 heavy (non-hydrogen) atoms. The number of pyridine rings is 2. The number of nitrogens with zero attached hydrogens (tertiary/aromatic N) is 2. The zero-order valence-corrected chi connectivity index (χ0v) is 19.7. The molecule has 2 aromatic heterocycles. The van der Waals surface area contributed by atoms with Crippen molar-refractivity contribution in [3.8, 4) is 17.0 Å². The fraction of sp³-hybridized carbons (Fsp3) is 0.280. The number of hydrogen-bond acceptors (Lipinski definition) is 6. The highest BCUT2D eigenvalue weighted by Gasteiger charge is 2.57. The minimum Gasteiger partial charge on any atom is -0.489 e. The summed E-state index contributed by atoms with van der Waals surface area (Å²) in [6.45, 7) is 1.32. The van der Waals surface area contributed by atoms with Crippen LogP contribution in [0.3, 0.4) is 0 Å². The summed E-state index contributed by atoms with van der Waals surface area (Å²) >= 11 is 0. The SMILES string of the molecule is Cc1ncccc1C(=O)NC[C@](O)(c1cc2c(c(-c3ccc(F)cc3)n1)OC[C@]2(C)C(N)=O)C(F)(F)F. The quantitative estimate of drug-likeness (QED) is 0.431. The number of nitrogens with one attached hydrogen (secondary N) is 1. The first-order valence-electron chi connectivity index (χ1n) is 11.0. The molecular formula is C25H22F4N4O4. The topological polar surface area (TPSA) is 127 Å². The van der Waals surface area contributed by atoms with Crippen LogP contribution in [0, 0.1) is 12.7 Å². The maximum atomic E-state index is 14.4. The molecule has 8 nitrogen and oxygen atoms in total. The van der Waals surface area contributed by atoms with Crippen molar-refractivity contribution in [3.05, 3.63) is 77.0 Å². The van der Waals surface area contributed by atoms with Crippen LogP contribution < -0.4 is 15.8 Å². The monoisotopic (exact) mass is 518 g/mol. The van der Waals surface area contributed by atoms with Crippen LogP contribution in [-0.2, 0) is 15.8 Å². The highest BCUT2D eigenvalue weighted by molar-refractivity contribution is 5.95.